The van der Waals surface area contributed by atoms with Crippen molar-refractivity contribution in [1.82, 2.24) is 29.8 Å². The van der Waals surface area contributed by atoms with Crippen LogP contribution in [0.2, 0.25) is 0 Å². The molecule has 1 unspecified atom stereocenters. The van der Waals surface area contributed by atoms with Crippen LogP contribution >= 0.6 is 0 Å². The number of nitrogens with one attached hydrogen (secondary N) is 3. The zero-order chi connectivity index (χ0) is 26.7. The van der Waals surface area contributed by atoms with Crippen molar-refractivity contribution in [2.75, 3.05) is 54.8 Å². The lowest BCUT2D eigenvalue weighted by Crippen LogP contribution is -2.46. The van der Waals surface area contributed by atoms with Crippen LogP contribution in [-0.4, -0.2) is 86.2 Å². The predicted octanol–water partition coefficient (Wildman–Crippen LogP) is 1.70. The topological polar surface area (TPSA) is 161 Å². The third-order valence-corrected chi connectivity index (χ3v) is 6.35. The molecule has 0 spiro atoms. The Labute approximate surface area is 220 Å². The third-order valence-electron chi connectivity index (χ3n) is 6.35. The van der Waals surface area contributed by atoms with Gasteiger partial charge in [-0.15, -0.1) is 0 Å². The minimum absolute atomic E-state index is 0.212. The minimum atomic E-state index is -0.967. The van der Waals surface area contributed by atoms with Crippen molar-refractivity contribution < 1.29 is 14.3 Å². The molecule has 0 amide bonds. The first-order valence-corrected chi connectivity index (χ1v) is 12.9. The molecule has 13 heteroatoms. The average Bonchev–Trinajstić information content (AvgIpc) is 3.43. The predicted molar refractivity (Wildman–Crippen MR) is 142 cm³/mol. The smallest absolute Gasteiger partial charge is 0.326 e. The Hall–Kier alpha value is -3.84. The van der Waals surface area contributed by atoms with E-state index in [2.05, 4.69) is 45.4 Å². The molecule has 1 fully saturated rings. The molecule has 1 aromatic carbocycles. The Balaban J connectivity index is 1.43. The Bertz CT molecular complexity index is 1140. The number of nitrogens with two attached hydrogens (primary N) is 1. The van der Waals surface area contributed by atoms with Crippen LogP contribution in [0.3, 0.4) is 0 Å². The molecule has 1 saturated heterocycles. The molecule has 12 nitrogen and oxygen atoms in total. The molecule has 0 saturated carbocycles. The number of piperazine rings is 1. The first kappa shape index (κ1) is 27.2. The van der Waals surface area contributed by atoms with Crippen LogP contribution in [-0.2, 0) is 17.8 Å². The van der Waals surface area contributed by atoms with Gasteiger partial charge in [0.05, 0.1) is 0 Å². The van der Waals surface area contributed by atoms with E-state index < -0.39 is 12.0 Å². The second-order valence-electron chi connectivity index (χ2n) is 9.20. The fourth-order valence-electron chi connectivity index (χ4n) is 4.24. The highest BCUT2D eigenvalue weighted by atomic mass is 19.1. The molecule has 3 heterocycles. The highest BCUT2D eigenvalue weighted by molar-refractivity contribution is 5.76. The lowest BCUT2D eigenvalue weighted by molar-refractivity contribution is -0.138. The van der Waals surface area contributed by atoms with Crippen LogP contribution in [0.4, 0.5) is 22.2 Å². The monoisotopic (exact) mass is 526 g/mol. The van der Waals surface area contributed by atoms with Crippen molar-refractivity contribution in [3.63, 3.8) is 0 Å². The molecular formula is C25H35FN10O2. The van der Waals surface area contributed by atoms with Gasteiger partial charge in [0.15, 0.2) is 0 Å². The average molecular weight is 527 g/mol. The standard InChI is InChI=1S/C25H35FN10O2/c26-19-6-4-18(5-7-19)17-35-13-15-36(16-14-35)25-33-23(30-10-8-21-28-11-12-29-21)32-24(34-25)31-20(22(37)38)3-1-2-9-27/h4-7,11-12,20H,1-3,8-10,13-17,27H2,(H,28,29)(H,37,38)(H2,30,31,32,33,34). The number of aliphatic carboxylic acids is 1. The van der Waals surface area contributed by atoms with Crippen molar-refractivity contribution in [2.24, 2.45) is 5.73 Å². The maximum Gasteiger partial charge on any atom is 0.326 e. The minimum Gasteiger partial charge on any atom is -0.480 e. The molecule has 1 aliphatic heterocycles. The van der Waals surface area contributed by atoms with Gasteiger partial charge in [0, 0.05) is 58.1 Å². The normalized spacial score (nSPS) is 14.8. The third kappa shape index (κ3) is 8.08. The summed E-state index contributed by atoms with van der Waals surface area (Å²) in [5.41, 5.74) is 6.63. The van der Waals surface area contributed by atoms with E-state index in [0.29, 0.717) is 57.3 Å². The molecule has 3 aromatic rings. The number of anilines is 3. The number of hydrogen-bond acceptors (Lipinski definition) is 10. The number of carboxylic acids is 1. The Morgan fingerprint density at radius 3 is 2.55 bits per heavy atom. The van der Waals surface area contributed by atoms with Crippen molar-refractivity contribution >= 4 is 23.8 Å². The van der Waals surface area contributed by atoms with E-state index in [-0.39, 0.29) is 11.8 Å². The number of carboxylic acid groups (broad SMARTS) is 1. The largest absolute Gasteiger partial charge is 0.480 e. The van der Waals surface area contributed by atoms with Gasteiger partial charge in [-0.2, -0.15) is 15.0 Å². The van der Waals surface area contributed by atoms with Crippen LogP contribution in [0.25, 0.3) is 0 Å². The first-order valence-electron chi connectivity index (χ1n) is 12.9. The molecule has 204 valence electrons. The number of hydrogen-bond donors (Lipinski definition) is 5. The second kappa shape index (κ2) is 13.6. The van der Waals surface area contributed by atoms with Crippen molar-refractivity contribution in [3.8, 4) is 0 Å². The number of aromatic nitrogens is 5. The van der Waals surface area contributed by atoms with E-state index in [9.17, 15) is 14.3 Å². The molecule has 0 radical (unpaired) electrons. The van der Waals surface area contributed by atoms with Gasteiger partial charge in [0.2, 0.25) is 17.8 Å². The highest BCUT2D eigenvalue weighted by Gasteiger charge is 2.23. The Morgan fingerprint density at radius 2 is 1.87 bits per heavy atom. The van der Waals surface area contributed by atoms with E-state index >= 15 is 0 Å². The van der Waals surface area contributed by atoms with Gasteiger partial charge in [-0.25, -0.2) is 14.2 Å². The number of aromatic amines is 1. The van der Waals surface area contributed by atoms with Crippen LogP contribution in [0.1, 0.15) is 30.7 Å². The van der Waals surface area contributed by atoms with E-state index in [1.54, 1.807) is 24.5 Å². The molecule has 0 aliphatic carbocycles. The van der Waals surface area contributed by atoms with Crippen molar-refractivity contribution in [2.45, 2.75) is 38.3 Å². The number of benzene rings is 1. The molecule has 1 atom stereocenters. The van der Waals surface area contributed by atoms with E-state index in [1.165, 1.54) is 12.1 Å². The van der Waals surface area contributed by atoms with Crippen molar-refractivity contribution in [1.29, 1.82) is 0 Å². The van der Waals surface area contributed by atoms with E-state index in [4.69, 9.17) is 5.73 Å². The Kier molecular flexibility index (Phi) is 9.76. The quantitative estimate of drug-likeness (QED) is 0.194. The summed E-state index contributed by atoms with van der Waals surface area (Å²) in [7, 11) is 0. The highest BCUT2D eigenvalue weighted by Crippen LogP contribution is 2.18. The molecule has 1 aliphatic rings. The summed E-state index contributed by atoms with van der Waals surface area (Å²) in [5, 5.41) is 15.9. The van der Waals surface area contributed by atoms with E-state index in [1.807, 2.05) is 0 Å². The fourth-order valence-corrected chi connectivity index (χ4v) is 4.24. The summed E-state index contributed by atoms with van der Waals surface area (Å²) in [6.07, 6.45) is 5.96. The van der Waals surface area contributed by atoms with Crippen LogP contribution in [0.15, 0.2) is 36.7 Å². The van der Waals surface area contributed by atoms with Crippen LogP contribution in [0.5, 0.6) is 0 Å². The zero-order valence-corrected chi connectivity index (χ0v) is 21.3. The lowest BCUT2D eigenvalue weighted by Gasteiger charge is -2.35. The second-order valence-corrected chi connectivity index (χ2v) is 9.20. The zero-order valence-electron chi connectivity index (χ0n) is 21.3. The number of unbranched alkanes of at least 4 members (excludes halogenated alkanes) is 1. The van der Waals surface area contributed by atoms with Gasteiger partial charge in [-0.05, 0) is 43.5 Å². The number of nitrogens with zero attached hydrogens (tertiary/aromatic N) is 6. The van der Waals surface area contributed by atoms with Crippen LogP contribution in [0, 0.1) is 5.82 Å². The van der Waals surface area contributed by atoms with Gasteiger partial charge in [-0.1, -0.05) is 12.1 Å². The molecule has 4 rings (SSSR count). The summed E-state index contributed by atoms with van der Waals surface area (Å²) in [5.74, 6) is 0.693. The van der Waals surface area contributed by atoms with E-state index in [0.717, 1.165) is 37.4 Å². The molecule has 0 bridgehead atoms. The summed E-state index contributed by atoms with van der Waals surface area (Å²) >= 11 is 0. The van der Waals surface area contributed by atoms with Crippen molar-refractivity contribution in [3.05, 3.63) is 53.9 Å². The van der Waals surface area contributed by atoms with Crippen LogP contribution < -0.4 is 21.3 Å². The number of imidazole rings is 1. The molecular weight excluding hydrogens is 491 g/mol. The van der Waals surface area contributed by atoms with Gasteiger partial charge in [0.1, 0.15) is 17.7 Å². The number of halogens is 1. The fraction of sp³-hybridized carbons (Fsp3) is 0.480. The van der Waals surface area contributed by atoms with Gasteiger partial charge in [-0.3, -0.25) is 4.90 Å². The number of carbonyl (C=O) groups is 1. The number of H-pyrrole nitrogens is 1. The molecule has 6 N–H and O–H groups in total. The molecule has 38 heavy (non-hydrogen) atoms. The molecule has 2 aromatic heterocycles. The van der Waals surface area contributed by atoms with Gasteiger partial charge in [0.25, 0.3) is 0 Å². The van der Waals surface area contributed by atoms with Gasteiger partial charge < -0.3 is 31.4 Å². The summed E-state index contributed by atoms with van der Waals surface area (Å²) in [6.45, 7) is 4.74. The maximum absolute atomic E-state index is 13.2. The van der Waals surface area contributed by atoms with Gasteiger partial charge >= 0.3 is 5.97 Å². The maximum atomic E-state index is 13.2. The number of rotatable bonds is 14. The SMILES string of the molecule is NCCCCC(Nc1nc(NCCc2ncc[nH]2)nc(N2CCN(Cc3ccc(F)cc3)CC2)n1)C(=O)O. The summed E-state index contributed by atoms with van der Waals surface area (Å²) in [6, 6.07) is 5.73. The lowest BCUT2D eigenvalue weighted by atomic mass is 10.1. The summed E-state index contributed by atoms with van der Waals surface area (Å²) in [4.78, 5) is 37.1. The first-order chi connectivity index (χ1) is 18.5. The Morgan fingerprint density at radius 1 is 1.11 bits per heavy atom. The summed E-state index contributed by atoms with van der Waals surface area (Å²) < 4.78 is 13.2.